The highest BCUT2D eigenvalue weighted by Crippen LogP contribution is 2.20. The van der Waals surface area contributed by atoms with E-state index in [0.29, 0.717) is 19.8 Å². The maximum Gasteiger partial charge on any atom is 0.226 e. The molecule has 0 N–H and O–H groups in total. The normalized spacial score (nSPS) is 15.7. The summed E-state index contributed by atoms with van der Waals surface area (Å²) in [4.78, 5) is 14.7. The summed E-state index contributed by atoms with van der Waals surface area (Å²) in [6.45, 7) is 4.86. The van der Waals surface area contributed by atoms with Gasteiger partial charge in [-0.1, -0.05) is 31.9 Å². The Morgan fingerprint density at radius 1 is 1.23 bits per heavy atom. The number of carbonyl (C=O) groups is 1. The Balaban J connectivity index is 2.00. The molecule has 3 nitrogen and oxygen atoms in total. The van der Waals surface area contributed by atoms with E-state index in [1.807, 2.05) is 4.90 Å². The van der Waals surface area contributed by atoms with Crippen LogP contribution in [0, 0.1) is 11.7 Å². The second-order valence-electron chi connectivity index (χ2n) is 5.98. The van der Waals surface area contributed by atoms with Gasteiger partial charge in [0.05, 0.1) is 0 Å². The summed E-state index contributed by atoms with van der Waals surface area (Å²) < 4.78 is 18.4. The van der Waals surface area contributed by atoms with Gasteiger partial charge >= 0.3 is 0 Å². The van der Waals surface area contributed by atoms with Crippen molar-refractivity contribution in [1.29, 1.82) is 0 Å². The van der Waals surface area contributed by atoms with Crippen molar-refractivity contribution in [3.8, 4) is 0 Å². The van der Waals surface area contributed by atoms with Crippen molar-refractivity contribution < 1.29 is 13.9 Å². The first-order valence-electron chi connectivity index (χ1n) is 8.31. The largest absolute Gasteiger partial charge is 0.381 e. The second-order valence-corrected chi connectivity index (χ2v) is 5.98. The van der Waals surface area contributed by atoms with Crippen LogP contribution in [-0.4, -0.2) is 30.6 Å². The molecule has 0 saturated carbocycles. The average Bonchev–Trinajstić information content (AvgIpc) is 2.56. The molecule has 1 aliphatic heterocycles. The quantitative estimate of drug-likeness (QED) is 0.718. The van der Waals surface area contributed by atoms with Crippen molar-refractivity contribution in [3.63, 3.8) is 0 Å². The molecule has 1 heterocycles. The van der Waals surface area contributed by atoms with Crippen LogP contribution in [0.1, 0.15) is 44.6 Å². The molecule has 0 aromatic heterocycles. The lowest BCUT2D eigenvalue weighted by molar-refractivity contribution is -0.139. The number of benzene rings is 1. The summed E-state index contributed by atoms with van der Waals surface area (Å²) in [6, 6.07) is 6.44. The van der Waals surface area contributed by atoms with Crippen molar-refractivity contribution in [3.05, 3.63) is 35.6 Å². The van der Waals surface area contributed by atoms with Gasteiger partial charge in [-0.05, 0) is 37.0 Å². The Labute approximate surface area is 132 Å². The van der Waals surface area contributed by atoms with E-state index in [1.165, 1.54) is 12.1 Å². The minimum Gasteiger partial charge on any atom is -0.381 e. The summed E-state index contributed by atoms with van der Waals surface area (Å²) in [5.74, 6) is 0.0663. The van der Waals surface area contributed by atoms with Crippen LogP contribution in [0.5, 0.6) is 0 Å². The Morgan fingerprint density at radius 2 is 1.91 bits per heavy atom. The number of hydrogen-bond acceptors (Lipinski definition) is 2. The van der Waals surface area contributed by atoms with E-state index in [-0.39, 0.29) is 17.6 Å². The van der Waals surface area contributed by atoms with E-state index in [2.05, 4.69) is 6.92 Å². The highest BCUT2D eigenvalue weighted by molar-refractivity contribution is 5.79. The van der Waals surface area contributed by atoms with Crippen molar-refractivity contribution >= 4 is 5.91 Å². The molecule has 122 valence electrons. The molecule has 0 unspecified atom stereocenters. The van der Waals surface area contributed by atoms with Gasteiger partial charge in [0, 0.05) is 32.2 Å². The Bertz CT molecular complexity index is 455. The second kappa shape index (κ2) is 8.89. The molecule has 0 aliphatic carbocycles. The Kier molecular flexibility index (Phi) is 6.84. The first-order chi connectivity index (χ1) is 10.7. The summed E-state index contributed by atoms with van der Waals surface area (Å²) in [7, 11) is 0. The fraction of sp³-hybridized carbons (Fsp3) is 0.611. The van der Waals surface area contributed by atoms with Crippen molar-refractivity contribution in [2.24, 2.45) is 5.92 Å². The predicted molar refractivity (Wildman–Crippen MR) is 84.9 cm³/mol. The van der Waals surface area contributed by atoms with Gasteiger partial charge in [-0.3, -0.25) is 4.79 Å². The Hall–Kier alpha value is -1.42. The molecule has 1 aliphatic rings. The molecule has 0 bridgehead atoms. The van der Waals surface area contributed by atoms with E-state index >= 15 is 0 Å². The summed E-state index contributed by atoms with van der Waals surface area (Å²) >= 11 is 0. The third kappa shape index (κ3) is 5.09. The van der Waals surface area contributed by atoms with Crippen LogP contribution >= 0.6 is 0 Å². The fourth-order valence-electron chi connectivity index (χ4n) is 2.83. The smallest absolute Gasteiger partial charge is 0.226 e. The predicted octanol–water partition coefficient (Wildman–Crippen LogP) is 3.77. The molecule has 1 saturated heterocycles. The van der Waals surface area contributed by atoms with Gasteiger partial charge < -0.3 is 9.64 Å². The molecule has 0 atom stereocenters. The molecule has 1 amide bonds. The number of ether oxygens (including phenoxy) is 1. The van der Waals surface area contributed by atoms with Crippen LogP contribution in [0.2, 0.25) is 0 Å². The molecule has 0 spiro atoms. The zero-order valence-electron chi connectivity index (χ0n) is 13.4. The van der Waals surface area contributed by atoms with Crippen LogP contribution in [0.15, 0.2) is 24.3 Å². The number of halogens is 1. The topological polar surface area (TPSA) is 29.5 Å². The van der Waals surface area contributed by atoms with Gasteiger partial charge in [-0.2, -0.15) is 0 Å². The van der Waals surface area contributed by atoms with Gasteiger partial charge in [0.1, 0.15) is 5.82 Å². The maximum atomic E-state index is 13.0. The maximum absolute atomic E-state index is 13.0. The zero-order chi connectivity index (χ0) is 15.8. The third-order valence-electron chi connectivity index (χ3n) is 4.20. The highest BCUT2D eigenvalue weighted by Gasteiger charge is 2.26. The van der Waals surface area contributed by atoms with Gasteiger partial charge in [0.25, 0.3) is 0 Å². The number of rotatable bonds is 7. The molecular weight excluding hydrogens is 281 g/mol. The number of carbonyl (C=O) groups excluding carboxylic acids is 1. The highest BCUT2D eigenvalue weighted by atomic mass is 19.1. The molecule has 1 aromatic carbocycles. The minimum atomic E-state index is -0.239. The molecule has 22 heavy (non-hydrogen) atoms. The van der Waals surface area contributed by atoms with E-state index < -0.39 is 0 Å². The molecule has 0 radical (unpaired) electrons. The molecule has 1 aromatic rings. The SMILES string of the molecule is CCCCCN(Cc1ccc(F)cc1)C(=O)C1CCOCC1. The lowest BCUT2D eigenvalue weighted by Gasteiger charge is -2.29. The third-order valence-corrected chi connectivity index (χ3v) is 4.20. The summed E-state index contributed by atoms with van der Waals surface area (Å²) in [5.41, 5.74) is 0.985. The first kappa shape index (κ1) is 16.9. The fourth-order valence-corrected chi connectivity index (χ4v) is 2.83. The van der Waals surface area contributed by atoms with Crippen LogP contribution in [0.25, 0.3) is 0 Å². The number of amides is 1. The molecule has 4 heteroatoms. The Morgan fingerprint density at radius 3 is 2.55 bits per heavy atom. The number of nitrogens with zero attached hydrogens (tertiary/aromatic N) is 1. The lowest BCUT2D eigenvalue weighted by Crippen LogP contribution is -2.38. The van der Waals surface area contributed by atoms with Gasteiger partial charge in [-0.15, -0.1) is 0 Å². The van der Waals surface area contributed by atoms with E-state index in [4.69, 9.17) is 4.74 Å². The van der Waals surface area contributed by atoms with Crippen molar-refractivity contribution in [2.75, 3.05) is 19.8 Å². The molecule has 1 fully saturated rings. The number of hydrogen-bond donors (Lipinski definition) is 0. The zero-order valence-corrected chi connectivity index (χ0v) is 13.4. The minimum absolute atomic E-state index is 0.0795. The first-order valence-corrected chi connectivity index (χ1v) is 8.31. The van der Waals surface area contributed by atoms with E-state index in [9.17, 15) is 9.18 Å². The van der Waals surface area contributed by atoms with Gasteiger partial charge in [0.15, 0.2) is 0 Å². The van der Waals surface area contributed by atoms with E-state index in [1.54, 1.807) is 12.1 Å². The van der Waals surface area contributed by atoms with Gasteiger partial charge in [-0.25, -0.2) is 4.39 Å². The average molecular weight is 307 g/mol. The van der Waals surface area contributed by atoms with Crippen molar-refractivity contribution in [2.45, 2.75) is 45.6 Å². The lowest BCUT2D eigenvalue weighted by atomic mass is 9.98. The summed E-state index contributed by atoms with van der Waals surface area (Å²) in [5, 5.41) is 0. The van der Waals surface area contributed by atoms with Gasteiger partial charge in [0.2, 0.25) is 5.91 Å². The van der Waals surface area contributed by atoms with Crippen LogP contribution in [0.4, 0.5) is 4.39 Å². The van der Waals surface area contributed by atoms with E-state index in [0.717, 1.165) is 44.2 Å². The summed E-state index contributed by atoms with van der Waals surface area (Å²) in [6.07, 6.45) is 4.91. The van der Waals surface area contributed by atoms with Crippen molar-refractivity contribution in [1.82, 2.24) is 4.90 Å². The molecule has 2 rings (SSSR count). The number of unbranched alkanes of at least 4 members (excludes halogenated alkanes) is 2. The monoisotopic (exact) mass is 307 g/mol. The van der Waals surface area contributed by atoms with Crippen LogP contribution in [-0.2, 0) is 16.1 Å². The van der Waals surface area contributed by atoms with Crippen LogP contribution < -0.4 is 0 Å². The molecular formula is C18H26FNO2. The van der Waals surface area contributed by atoms with Crippen LogP contribution in [0.3, 0.4) is 0 Å². The standard InChI is InChI=1S/C18H26FNO2/c1-2-3-4-11-20(14-15-5-7-17(19)8-6-15)18(21)16-9-12-22-13-10-16/h5-8,16H,2-4,9-14H2,1H3.